The summed E-state index contributed by atoms with van der Waals surface area (Å²) in [7, 11) is -2.22. The number of esters is 1. The summed E-state index contributed by atoms with van der Waals surface area (Å²) >= 11 is 0. The molecular formula is C11H13FN2O6S. The molecule has 1 aromatic rings. The molecule has 2 N–H and O–H groups in total. The highest BCUT2D eigenvalue weighted by Gasteiger charge is 2.34. The molecule has 1 saturated heterocycles. The number of hydrogen-bond acceptors (Lipinski definition) is 7. The second-order valence-electron chi connectivity index (χ2n) is 4.37. The molecule has 0 amide bonds. The van der Waals surface area contributed by atoms with E-state index in [1.54, 1.807) is 0 Å². The molecule has 0 aromatic heterocycles. The van der Waals surface area contributed by atoms with Gasteiger partial charge < -0.3 is 4.74 Å². The molecule has 0 unspecified atom stereocenters. The van der Waals surface area contributed by atoms with Crippen molar-refractivity contribution in [3.05, 3.63) is 33.6 Å². The first-order valence-corrected chi connectivity index (χ1v) is 7.55. The van der Waals surface area contributed by atoms with Gasteiger partial charge in [-0.2, -0.15) is 0 Å². The SMILES string of the molecule is COC(=O)c1cc([N+](=O)[O-])cc(N2CCCS2(O)O)c1F. The van der Waals surface area contributed by atoms with Crippen LogP contribution in [0.25, 0.3) is 0 Å². The van der Waals surface area contributed by atoms with Gasteiger partial charge in [0, 0.05) is 18.7 Å². The van der Waals surface area contributed by atoms with Gasteiger partial charge in [-0.1, -0.05) is 0 Å². The first-order valence-electron chi connectivity index (χ1n) is 5.88. The number of non-ortho nitro benzene ring substituents is 1. The molecule has 0 aliphatic carbocycles. The Morgan fingerprint density at radius 1 is 1.52 bits per heavy atom. The highest BCUT2D eigenvalue weighted by atomic mass is 32.3. The zero-order valence-electron chi connectivity index (χ0n) is 11.0. The lowest BCUT2D eigenvalue weighted by Gasteiger charge is -2.38. The number of hydrogen-bond donors (Lipinski definition) is 2. The number of ether oxygens (including phenoxy) is 1. The van der Waals surface area contributed by atoms with E-state index in [4.69, 9.17) is 0 Å². The van der Waals surface area contributed by atoms with Crippen molar-refractivity contribution in [2.75, 3.05) is 23.7 Å². The fourth-order valence-electron chi connectivity index (χ4n) is 2.08. The zero-order valence-corrected chi connectivity index (χ0v) is 11.8. The van der Waals surface area contributed by atoms with Crippen molar-refractivity contribution in [2.24, 2.45) is 0 Å². The largest absolute Gasteiger partial charge is 0.465 e. The lowest BCUT2D eigenvalue weighted by Crippen LogP contribution is -2.24. The van der Waals surface area contributed by atoms with Crippen LogP contribution in [0.5, 0.6) is 0 Å². The van der Waals surface area contributed by atoms with E-state index in [0.717, 1.165) is 23.5 Å². The number of methoxy groups -OCH3 is 1. The molecule has 116 valence electrons. The third-order valence-electron chi connectivity index (χ3n) is 3.06. The molecule has 10 heteroatoms. The van der Waals surface area contributed by atoms with Crippen LogP contribution in [-0.2, 0) is 4.74 Å². The average Bonchev–Trinajstić information content (AvgIpc) is 2.77. The third-order valence-corrected chi connectivity index (χ3v) is 4.98. The Labute approximate surface area is 120 Å². The maximum absolute atomic E-state index is 14.4. The molecule has 1 fully saturated rings. The molecule has 1 aliphatic rings. The molecule has 1 heterocycles. The summed E-state index contributed by atoms with van der Waals surface area (Å²) in [5.74, 6) is -2.11. The fraction of sp³-hybridized carbons (Fsp3) is 0.364. The molecule has 1 aliphatic heterocycles. The Morgan fingerprint density at radius 3 is 2.67 bits per heavy atom. The van der Waals surface area contributed by atoms with E-state index < -0.39 is 38.7 Å². The van der Waals surface area contributed by atoms with Crippen LogP contribution < -0.4 is 4.31 Å². The van der Waals surface area contributed by atoms with E-state index in [1.165, 1.54) is 0 Å². The normalized spacial score (nSPS) is 18.4. The van der Waals surface area contributed by atoms with Gasteiger partial charge in [0.05, 0.1) is 17.8 Å². The minimum atomic E-state index is -3.24. The third kappa shape index (κ3) is 2.77. The van der Waals surface area contributed by atoms with Crippen molar-refractivity contribution >= 4 is 28.1 Å². The Balaban J connectivity index is 2.62. The number of halogens is 1. The first kappa shape index (κ1) is 15.5. The highest BCUT2D eigenvalue weighted by Crippen LogP contribution is 2.52. The molecule has 0 atom stereocenters. The van der Waals surface area contributed by atoms with Gasteiger partial charge in [0.15, 0.2) is 5.82 Å². The van der Waals surface area contributed by atoms with Crippen LogP contribution in [0.3, 0.4) is 0 Å². The van der Waals surface area contributed by atoms with E-state index >= 15 is 0 Å². The van der Waals surface area contributed by atoms with Crippen LogP contribution >= 0.6 is 10.8 Å². The van der Waals surface area contributed by atoms with Crippen molar-refractivity contribution in [3.63, 3.8) is 0 Å². The van der Waals surface area contributed by atoms with Crippen molar-refractivity contribution < 1.29 is 28.0 Å². The first-order chi connectivity index (χ1) is 9.77. The van der Waals surface area contributed by atoms with Crippen LogP contribution in [0.4, 0.5) is 15.8 Å². The van der Waals surface area contributed by atoms with Gasteiger partial charge in [0.1, 0.15) is 11.3 Å². The Morgan fingerprint density at radius 2 is 2.19 bits per heavy atom. The number of nitrogens with zero attached hydrogens (tertiary/aromatic N) is 2. The van der Waals surface area contributed by atoms with Gasteiger partial charge in [-0.15, -0.1) is 10.8 Å². The summed E-state index contributed by atoms with van der Waals surface area (Å²) in [5.41, 5.74) is -1.54. The number of benzene rings is 1. The van der Waals surface area contributed by atoms with Crippen LogP contribution in [0.15, 0.2) is 12.1 Å². The Bertz CT molecular complexity index is 609. The van der Waals surface area contributed by atoms with E-state index in [2.05, 4.69) is 4.74 Å². The van der Waals surface area contributed by atoms with Gasteiger partial charge in [0.2, 0.25) is 0 Å². The molecule has 1 aromatic carbocycles. The number of carbonyl (C=O) groups is 1. The van der Waals surface area contributed by atoms with Crippen molar-refractivity contribution in [2.45, 2.75) is 6.42 Å². The Hall–Kier alpha value is -1.91. The lowest BCUT2D eigenvalue weighted by atomic mass is 10.1. The van der Waals surface area contributed by atoms with Crippen LogP contribution in [-0.4, -0.2) is 39.4 Å². The summed E-state index contributed by atoms with van der Waals surface area (Å²) in [5, 5.41) is 10.9. The minimum absolute atomic E-state index is 0.0443. The molecule has 0 spiro atoms. The van der Waals surface area contributed by atoms with Gasteiger partial charge in [-0.3, -0.25) is 23.5 Å². The van der Waals surface area contributed by atoms with E-state index in [0.29, 0.717) is 6.42 Å². The van der Waals surface area contributed by atoms with Gasteiger partial charge >= 0.3 is 5.97 Å². The Kier molecular flexibility index (Phi) is 4.03. The minimum Gasteiger partial charge on any atom is -0.465 e. The summed E-state index contributed by atoms with van der Waals surface area (Å²) in [4.78, 5) is 21.6. The molecule has 0 saturated carbocycles. The second-order valence-corrected chi connectivity index (χ2v) is 6.48. The van der Waals surface area contributed by atoms with Crippen molar-refractivity contribution in [3.8, 4) is 0 Å². The molecular weight excluding hydrogens is 307 g/mol. The summed E-state index contributed by atoms with van der Waals surface area (Å²) in [6.45, 7) is 0.126. The number of nitro benzene ring substituents is 1. The number of rotatable bonds is 3. The summed E-state index contributed by atoms with van der Waals surface area (Å²) in [6, 6.07) is 1.63. The van der Waals surface area contributed by atoms with Crippen LogP contribution in [0.2, 0.25) is 0 Å². The number of anilines is 1. The highest BCUT2D eigenvalue weighted by molar-refractivity contribution is 8.25. The van der Waals surface area contributed by atoms with E-state index in [-0.39, 0.29) is 18.0 Å². The van der Waals surface area contributed by atoms with E-state index in [9.17, 15) is 28.4 Å². The van der Waals surface area contributed by atoms with Gasteiger partial charge in [0.25, 0.3) is 5.69 Å². The average molecular weight is 320 g/mol. The zero-order chi connectivity index (χ0) is 15.8. The molecule has 0 radical (unpaired) electrons. The topological polar surface area (TPSA) is 113 Å². The number of nitro groups is 1. The fourth-order valence-corrected chi connectivity index (χ4v) is 3.68. The quantitative estimate of drug-likeness (QED) is 0.499. The van der Waals surface area contributed by atoms with Gasteiger partial charge in [-0.05, 0) is 6.42 Å². The molecule has 8 nitrogen and oxygen atoms in total. The second kappa shape index (κ2) is 5.47. The van der Waals surface area contributed by atoms with Gasteiger partial charge in [-0.25, -0.2) is 9.18 Å². The monoisotopic (exact) mass is 320 g/mol. The number of carbonyl (C=O) groups excluding carboxylic acids is 1. The van der Waals surface area contributed by atoms with E-state index in [1.807, 2.05) is 0 Å². The smallest absolute Gasteiger partial charge is 0.341 e. The van der Waals surface area contributed by atoms with Crippen molar-refractivity contribution in [1.82, 2.24) is 0 Å². The molecule has 0 bridgehead atoms. The van der Waals surface area contributed by atoms with Crippen LogP contribution in [0, 0.1) is 15.9 Å². The van der Waals surface area contributed by atoms with Crippen molar-refractivity contribution in [1.29, 1.82) is 0 Å². The maximum Gasteiger partial charge on any atom is 0.341 e. The standard InChI is InChI=1S/C11H13FN2O6S/c1-20-11(15)8-5-7(14(16)17)6-9(10(8)12)13-3-2-4-21(13,18)19/h5-6,18-19H,2-4H2,1H3. The summed E-state index contributed by atoms with van der Waals surface area (Å²) < 4.78 is 39.4. The summed E-state index contributed by atoms with van der Waals surface area (Å²) in [6.07, 6.45) is 0.401. The maximum atomic E-state index is 14.4. The predicted octanol–water partition coefficient (Wildman–Crippen LogP) is 2.40. The molecule has 2 rings (SSSR count). The van der Waals surface area contributed by atoms with Crippen LogP contribution in [0.1, 0.15) is 16.8 Å². The molecule has 21 heavy (non-hydrogen) atoms. The lowest BCUT2D eigenvalue weighted by molar-refractivity contribution is -0.384. The predicted molar refractivity (Wildman–Crippen MR) is 74.1 cm³/mol.